The fourth-order valence-corrected chi connectivity index (χ4v) is 3.52. The molecule has 7 heteroatoms. The molecular weight excluding hydrogens is 368 g/mol. The normalized spacial score (nSPS) is 14.0. The molecule has 1 aliphatic rings. The quantitative estimate of drug-likeness (QED) is 0.723. The van der Waals surface area contributed by atoms with Crippen molar-refractivity contribution in [2.75, 3.05) is 45.3 Å². The second-order valence-corrected chi connectivity index (χ2v) is 6.85. The zero-order valence-electron chi connectivity index (χ0n) is 16.6. The molecule has 3 aromatic rings. The van der Waals surface area contributed by atoms with Gasteiger partial charge in [-0.3, -0.25) is 9.89 Å². The fraction of sp³-hybridized carbons (Fsp3) is 0.273. The van der Waals surface area contributed by atoms with Gasteiger partial charge in [0, 0.05) is 32.2 Å². The lowest BCUT2D eigenvalue weighted by Crippen LogP contribution is -2.49. The highest BCUT2D eigenvalue weighted by atomic mass is 16.5. The van der Waals surface area contributed by atoms with E-state index < -0.39 is 0 Å². The van der Waals surface area contributed by atoms with Gasteiger partial charge in [-0.05, 0) is 42.0 Å². The van der Waals surface area contributed by atoms with E-state index >= 15 is 0 Å². The number of carbonyl (C=O) groups is 1. The maximum Gasteiger partial charge on any atom is 0.257 e. The van der Waals surface area contributed by atoms with Gasteiger partial charge in [-0.2, -0.15) is 5.10 Å². The van der Waals surface area contributed by atoms with Gasteiger partial charge in [0.15, 0.2) is 5.82 Å². The van der Waals surface area contributed by atoms with Crippen LogP contribution in [-0.2, 0) is 0 Å². The van der Waals surface area contributed by atoms with Crippen molar-refractivity contribution in [3.63, 3.8) is 0 Å². The van der Waals surface area contributed by atoms with Gasteiger partial charge in [-0.25, -0.2) is 0 Å². The zero-order valence-corrected chi connectivity index (χ0v) is 16.6. The van der Waals surface area contributed by atoms with Crippen LogP contribution in [0.2, 0.25) is 0 Å². The maximum absolute atomic E-state index is 12.9. The first-order chi connectivity index (χ1) is 14.2. The van der Waals surface area contributed by atoms with E-state index in [1.807, 2.05) is 59.5 Å². The number of hydrogen-bond donors (Lipinski definition) is 1. The van der Waals surface area contributed by atoms with Crippen molar-refractivity contribution in [2.45, 2.75) is 0 Å². The van der Waals surface area contributed by atoms with Gasteiger partial charge in [-0.1, -0.05) is 12.1 Å². The Balaban J connectivity index is 1.41. The number of nitrogens with zero attached hydrogens (tertiary/aromatic N) is 3. The summed E-state index contributed by atoms with van der Waals surface area (Å²) in [7, 11) is 3.24. The standard InChI is InChI=1S/C22H24N4O3/c1-28-17-9-7-16(8-10-17)19-15-21(24-23-19)25-11-13-26(14-12-25)22(27)18-5-3-4-6-20(18)29-2/h3-10,15H,11-14H2,1-2H3,(H,23,24). The van der Waals surface area contributed by atoms with Gasteiger partial charge in [0.05, 0.1) is 25.5 Å². The largest absolute Gasteiger partial charge is 0.497 e. The lowest BCUT2D eigenvalue weighted by atomic mass is 10.1. The minimum absolute atomic E-state index is 0.00282. The summed E-state index contributed by atoms with van der Waals surface area (Å²) in [4.78, 5) is 16.9. The zero-order chi connectivity index (χ0) is 20.2. The van der Waals surface area contributed by atoms with Crippen LogP contribution in [0, 0.1) is 0 Å². The van der Waals surface area contributed by atoms with Gasteiger partial charge in [0.25, 0.3) is 5.91 Å². The van der Waals surface area contributed by atoms with E-state index in [1.165, 1.54) is 0 Å². The molecule has 1 aromatic heterocycles. The van der Waals surface area contributed by atoms with Crippen molar-refractivity contribution in [1.82, 2.24) is 15.1 Å². The number of methoxy groups -OCH3 is 2. The molecule has 0 radical (unpaired) electrons. The Morgan fingerprint density at radius 3 is 2.38 bits per heavy atom. The van der Waals surface area contributed by atoms with Crippen LogP contribution in [0.1, 0.15) is 10.4 Å². The Bertz CT molecular complexity index is 976. The van der Waals surface area contributed by atoms with E-state index in [0.29, 0.717) is 24.4 Å². The summed E-state index contributed by atoms with van der Waals surface area (Å²) in [5.74, 6) is 2.32. The van der Waals surface area contributed by atoms with Crippen LogP contribution >= 0.6 is 0 Å². The van der Waals surface area contributed by atoms with E-state index in [-0.39, 0.29) is 5.91 Å². The number of amides is 1. The first-order valence-corrected chi connectivity index (χ1v) is 9.56. The minimum Gasteiger partial charge on any atom is -0.497 e. The maximum atomic E-state index is 12.9. The first-order valence-electron chi connectivity index (χ1n) is 9.56. The van der Waals surface area contributed by atoms with Gasteiger partial charge >= 0.3 is 0 Å². The number of benzene rings is 2. The summed E-state index contributed by atoms with van der Waals surface area (Å²) in [6, 6.07) is 17.2. The Kier molecular flexibility index (Phi) is 5.37. The number of H-pyrrole nitrogens is 1. The highest BCUT2D eigenvalue weighted by Gasteiger charge is 2.25. The van der Waals surface area contributed by atoms with Crippen molar-refractivity contribution >= 4 is 11.7 Å². The molecule has 0 unspecified atom stereocenters. The molecule has 1 amide bonds. The van der Waals surface area contributed by atoms with E-state index in [1.54, 1.807) is 14.2 Å². The number of nitrogens with one attached hydrogen (secondary N) is 1. The molecule has 1 aliphatic heterocycles. The first kappa shape index (κ1) is 18.9. The molecule has 1 saturated heterocycles. The summed E-state index contributed by atoms with van der Waals surface area (Å²) < 4.78 is 10.5. The third-order valence-electron chi connectivity index (χ3n) is 5.19. The van der Waals surface area contributed by atoms with Crippen LogP contribution < -0.4 is 14.4 Å². The van der Waals surface area contributed by atoms with Crippen LogP contribution in [0.4, 0.5) is 5.82 Å². The monoisotopic (exact) mass is 392 g/mol. The lowest BCUT2D eigenvalue weighted by Gasteiger charge is -2.35. The van der Waals surface area contributed by atoms with E-state index in [0.717, 1.165) is 35.9 Å². The predicted octanol–water partition coefficient (Wildman–Crippen LogP) is 3.06. The van der Waals surface area contributed by atoms with Crippen molar-refractivity contribution in [3.8, 4) is 22.8 Å². The summed E-state index contributed by atoms with van der Waals surface area (Å²) >= 11 is 0. The van der Waals surface area contributed by atoms with Gasteiger partial charge in [-0.15, -0.1) is 0 Å². The Labute approximate surface area is 169 Å². The van der Waals surface area contributed by atoms with Crippen LogP contribution in [0.25, 0.3) is 11.3 Å². The molecule has 0 atom stereocenters. The SMILES string of the molecule is COc1ccc(-c2cc(N3CCN(C(=O)c4ccccc4OC)CC3)n[nH]2)cc1. The highest BCUT2D eigenvalue weighted by Crippen LogP contribution is 2.25. The average Bonchev–Trinajstić information content (AvgIpc) is 3.29. The molecule has 0 aliphatic carbocycles. The number of ether oxygens (including phenoxy) is 2. The minimum atomic E-state index is 0.00282. The summed E-state index contributed by atoms with van der Waals surface area (Å²) in [6.07, 6.45) is 0. The van der Waals surface area contributed by atoms with Crippen LogP contribution in [0.3, 0.4) is 0 Å². The molecule has 1 fully saturated rings. The van der Waals surface area contributed by atoms with E-state index in [4.69, 9.17) is 9.47 Å². The number of carbonyl (C=O) groups excluding carboxylic acids is 1. The summed E-state index contributed by atoms with van der Waals surface area (Å²) in [6.45, 7) is 2.74. The van der Waals surface area contributed by atoms with E-state index in [2.05, 4.69) is 15.1 Å². The molecule has 150 valence electrons. The predicted molar refractivity (Wildman–Crippen MR) is 112 cm³/mol. The van der Waals surface area contributed by atoms with Crippen molar-refractivity contribution in [3.05, 3.63) is 60.2 Å². The van der Waals surface area contributed by atoms with Gasteiger partial charge < -0.3 is 19.3 Å². The highest BCUT2D eigenvalue weighted by molar-refractivity contribution is 5.97. The topological polar surface area (TPSA) is 70.7 Å². The van der Waals surface area contributed by atoms with E-state index in [9.17, 15) is 4.79 Å². The molecule has 0 bridgehead atoms. The molecule has 2 aromatic carbocycles. The number of rotatable bonds is 5. The van der Waals surface area contributed by atoms with Crippen LogP contribution in [-0.4, -0.2) is 61.4 Å². The van der Waals surface area contributed by atoms with Crippen molar-refractivity contribution in [2.24, 2.45) is 0 Å². The number of hydrogen-bond acceptors (Lipinski definition) is 5. The number of aromatic nitrogens is 2. The van der Waals surface area contributed by atoms with Crippen LogP contribution in [0.5, 0.6) is 11.5 Å². The second kappa shape index (κ2) is 8.26. The Hall–Kier alpha value is -3.48. The molecule has 0 spiro atoms. The smallest absolute Gasteiger partial charge is 0.257 e. The van der Waals surface area contributed by atoms with Gasteiger partial charge in [0.2, 0.25) is 0 Å². The average molecular weight is 392 g/mol. The van der Waals surface area contributed by atoms with Crippen molar-refractivity contribution < 1.29 is 14.3 Å². The third-order valence-corrected chi connectivity index (χ3v) is 5.19. The summed E-state index contributed by atoms with van der Waals surface area (Å²) in [5.41, 5.74) is 2.61. The summed E-state index contributed by atoms with van der Waals surface area (Å²) in [5, 5.41) is 7.56. The Morgan fingerprint density at radius 2 is 1.69 bits per heavy atom. The molecule has 7 nitrogen and oxygen atoms in total. The fourth-order valence-electron chi connectivity index (χ4n) is 3.52. The van der Waals surface area contributed by atoms with Crippen LogP contribution in [0.15, 0.2) is 54.6 Å². The molecule has 1 N–H and O–H groups in total. The lowest BCUT2D eigenvalue weighted by molar-refractivity contribution is 0.0743. The molecule has 0 saturated carbocycles. The molecule has 4 rings (SSSR count). The molecule has 2 heterocycles. The third kappa shape index (κ3) is 3.89. The molecule has 29 heavy (non-hydrogen) atoms. The van der Waals surface area contributed by atoms with Crippen molar-refractivity contribution in [1.29, 1.82) is 0 Å². The number of piperazine rings is 1. The number of para-hydroxylation sites is 1. The number of aromatic amines is 1. The van der Waals surface area contributed by atoms with Gasteiger partial charge in [0.1, 0.15) is 11.5 Å². The Morgan fingerprint density at radius 1 is 0.966 bits per heavy atom. The molecular formula is C22H24N4O3. The number of anilines is 1. The second-order valence-electron chi connectivity index (χ2n) is 6.85.